The van der Waals surface area contributed by atoms with Crippen LogP contribution in [-0.2, 0) is 27.9 Å². The number of hydrogen-bond acceptors (Lipinski definition) is 7. The second kappa shape index (κ2) is 28.6. The molecule has 9 nitrogen and oxygen atoms in total. The van der Waals surface area contributed by atoms with Crippen LogP contribution in [0.4, 0.5) is 0 Å². The highest BCUT2D eigenvalue weighted by molar-refractivity contribution is 7.47. The van der Waals surface area contributed by atoms with Gasteiger partial charge < -0.3 is 20.1 Å². The van der Waals surface area contributed by atoms with E-state index in [1.54, 1.807) is 0 Å². The van der Waals surface area contributed by atoms with Crippen molar-refractivity contribution in [1.82, 2.24) is 5.32 Å². The molecule has 0 saturated heterocycles. The number of phosphoric acid groups is 1. The average molecular weight is 604 g/mol. The maximum absolute atomic E-state index is 12.0. The predicted octanol–water partition coefficient (Wildman–Crippen LogP) is 7.31. The molecule has 0 heterocycles. The smallest absolute Gasteiger partial charge is 0.463 e. The monoisotopic (exact) mass is 603 g/mol. The van der Waals surface area contributed by atoms with Crippen LogP contribution in [0.25, 0.3) is 0 Å². The van der Waals surface area contributed by atoms with Gasteiger partial charge in [0.2, 0.25) is 5.91 Å². The Morgan fingerprint density at radius 1 is 0.756 bits per heavy atom. The Balaban J connectivity index is 3.68. The molecule has 0 aliphatic heterocycles. The molecule has 0 aromatic rings. The molecule has 0 radical (unpaired) electrons. The second-order valence-corrected chi connectivity index (χ2v) is 11.9. The first kappa shape index (κ1) is 39.5. The number of rotatable bonds is 29. The summed E-state index contributed by atoms with van der Waals surface area (Å²) in [6, 6.07) is 0. The molecule has 0 aliphatic rings. The highest BCUT2D eigenvalue weighted by atomic mass is 31.2. The largest absolute Gasteiger partial charge is 0.472 e. The van der Waals surface area contributed by atoms with E-state index >= 15 is 0 Å². The Kier molecular flexibility index (Phi) is 27.5. The van der Waals surface area contributed by atoms with E-state index < -0.39 is 26.5 Å². The summed E-state index contributed by atoms with van der Waals surface area (Å²) in [5.74, 6) is -0.541. The molecule has 0 aliphatic carbocycles. The van der Waals surface area contributed by atoms with Gasteiger partial charge in [0.1, 0.15) is 12.7 Å². The van der Waals surface area contributed by atoms with Gasteiger partial charge in [0.15, 0.2) is 0 Å². The van der Waals surface area contributed by atoms with Gasteiger partial charge in [-0.05, 0) is 38.5 Å². The van der Waals surface area contributed by atoms with Crippen molar-refractivity contribution < 1.29 is 37.9 Å². The topological polar surface area (TPSA) is 131 Å². The van der Waals surface area contributed by atoms with E-state index in [1.807, 2.05) is 0 Å². The van der Waals surface area contributed by atoms with Crippen molar-refractivity contribution in [2.45, 2.75) is 136 Å². The number of carbonyl (C=O) groups is 2. The Morgan fingerprint density at radius 2 is 1.37 bits per heavy atom. The van der Waals surface area contributed by atoms with E-state index in [1.165, 1.54) is 32.1 Å². The molecule has 0 spiro atoms. The summed E-state index contributed by atoms with van der Waals surface area (Å²) in [5, 5.41) is 12.5. The van der Waals surface area contributed by atoms with Crippen LogP contribution in [0, 0.1) is 0 Å². The second-order valence-electron chi connectivity index (χ2n) is 10.4. The van der Waals surface area contributed by atoms with Crippen LogP contribution in [0.1, 0.15) is 129 Å². The van der Waals surface area contributed by atoms with E-state index in [4.69, 9.17) is 13.8 Å². The maximum Gasteiger partial charge on any atom is 0.472 e. The summed E-state index contributed by atoms with van der Waals surface area (Å²) >= 11 is 0. The maximum atomic E-state index is 12.0. The van der Waals surface area contributed by atoms with Crippen molar-refractivity contribution in [3.05, 3.63) is 24.3 Å². The van der Waals surface area contributed by atoms with Crippen molar-refractivity contribution >= 4 is 19.7 Å². The van der Waals surface area contributed by atoms with Crippen molar-refractivity contribution in [3.63, 3.8) is 0 Å². The Hall–Kier alpha value is -1.51. The first-order chi connectivity index (χ1) is 19.8. The molecule has 0 bridgehead atoms. The Bertz CT molecular complexity index is 744. The zero-order valence-electron chi connectivity index (χ0n) is 25.7. The molecule has 0 saturated carbocycles. The molecule has 2 unspecified atom stereocenters. The standard InChI is InChI=1S/C31H58NO8P/c1-3-5-7-9-11-12-13-14-15-16-18-19-21-23-30(34)32-25-26-39-41(36,37)40-28-29(33)27-38-31(35)24-22-20-17-10-8-6-4-2/h7,9,12-13,29,33H,3-6,8,10-11,14-28H2,1-2H3,(H,32,34)(H,36,37)/b9-7-,13-12-. The lowest BCUT2D eigenvalue weighted by Crippen LogP contribution is -2.27. The summed E-state index contributed by atoms with van der Waals surface area (Å²) in [6.45, 7) is 3.38. The van der Waals surface area contributed by atoms with Crippen molar-refractivity contribution in [1.29, 1.82) is 0 Å². The quantitative estimate of drug-likeness (QED) is 0.0351. The lowest BCUT2D eigenvalue weighted by molar-refractivity contribution is -0.147. The third-order valence-corrected chi connectivity index (χ3v) is 7.35. The third kappa shape index (κ3) is 29.8. The molecule has 0 aromatic heterocycles. The van der Waals surface area contributed by atoms with Gasteiger partial charge in [0, 0.05) is 19.4 Å². The molecule has 41 heavy (non-hydrogen) atoms. The minimum Gasteiger partial charge on any atom is -0.463 e. The highest BCUT2D eigenvalue weighted by Gasteiger charge is 2.23. The number of aliphatic hydroxyl groups excluding tert-OH is 1. The molecule has 10 heteroatoms. The van der Waals surface area contributed by atoms with Crippen molar-refractivity contribution in [2.75, 3.05) is 26.4 Å². The molecule has 0 rings (SSSR count). The van der Waals surface area contributed by atoms with E-state index in [0.29, 0.717) is 6.42 Å². The van der Waals surface area contributed by atoms with Crippen LogP contribution in [0.5, 0.6) is 0 Å². The fourth-order valence-corrected chi connectivity index (χ4v) is 4.70. The fraction of sp³-hybridized carbons (Fsp3) is 0.806. The summed E-state index contributed by atoms with van der Waals surface area (Å²) in [4.78, 5) is 33.4. The lowest BCUT2D eigenvalue weighted by atomic mass is 10.1. The highest BCUT2D eigenvalue weighted by Crippen LogP contribution is 2.42. The van der Waals surface area contributed by atoms with Gasteiger partial charge in [-0.1, -0.05) is 102 Å². The van der Waals surface area contributed by atoms with Crippen molar-refractivity contribution in [2.24, 2.45) is 0 Å². The van der Waals surface area contributed by atoms with Crippen LogP contribution < -0.4 is 5.32 Å². The van der Waals surface area contributed by atoms with Gasteiger partial charge >= 0.3 is 13.8 Å². The van der Waals surface area contributed by atoms with E-state index in [-0.39, 0.29) is 32.1 Å². The zero-order valence-corrected chi connectivity index (χ0v) is 26.6. The first-order valence-corrected chi connectivity index (χ1v) is 17.3. The number of allylic oxidation sites excluding steroid dienone is 4. The van der Waals surface area contributed by atoms with Gasteiger partial charge in [-0.3, -0.25) is 18.6 Å². The number of ether oxygens (including phenoxy) is 1. The van der Waals surface area contributed by atoms with Gasteiger partial charge in [0.25, 0.3) is 0 Å². The minimum atomic E-state index is -4.40. The van der Waals surface area contributed by atoms with Crippen LogP contribution in [0.2, 0.25) is 0 Å². The normalized spacial score (nSPS) is 14.0. The molecule has 0 fully saturated rings. The first-order valence-electron chi connectivity index (χ1n) is 15.8. The molecule has 0 aromatic carbocycles. The van der Waals surface area contributed by atoms with Gasteiger partial charge in [-0.15, -0.1) is 0 Å². The summed E-state index contributed by atoms with van der Waals surface area (Å²) in [5.41, 5.74) is 0. The lowest BCUT2D eigenvalue weighted by Gasteiger charge is -2.15. The Labute approximate surface area is 249 Å². The average Bonchev–Trinajstić information content (AvgIpc) is 2.95. The van der Waals surface area contributed by atoms with E-state index in [0.717, 1.165) is 70.6 Å². The number of carbonyl (C=O) groups excluding carboxylic acids is 2. The molecule has 1 amide bonds. The summed E-state index contributed by atoms with van der Waals surface area (Å²) < 4.78 is 26.5. The van der Waals surface area contributed by atoms with Crippen molar-refractivity contribution in [3.8, 4) is 0 Å². The SMILES string of the molecule is CCC/C=C\C/C=C\CCCCCCCC(=O)NCCOP(=O)(O)OCC(O)COC(=O)CCCCCCCCC. The van der Waals surface area contributed by atoms with E-state index in [2.05, 4.69) is 43.5 Å². The fourth-order valence-electron chi connectivity index (χ4n) is 3.94. The minimum absolute atomic E-state index is 0.0749. The summed E-state index contributed by atoms with van der Waals surface area (Å²) in [7, 11) is -4.40. The molecular formula is C31H58NO8P. The number of hydrogen-bond donors (Lipinski definition) is 3. The van der Waals surface area contributed by atoms with Gasteiger partial charge in [-0.25, -0.2) is 4.57 Å². The van der Waals surface area contributed by atoms with E-state index in [9.17, 15) is 24.2 Å². The van der Waals surface area contributed by atoms with Crippen LogP contribution in [0.3, 0.4) is 0 Å². The van der Waals surface area contributed by atoms with Gasteiger partial charge in [-0.2, -0.15) is 0 Å². The zero-order chi connectivity index (χ0) is 30.4. The predicted molar refractivity (Wildman–Crippen MR) is 164 cm³/mol. The number of amides is 1. The van der Waals surface area contributed by atoms with Crippen LogP contribution >= 0.6 is 7.82 Å². The molecule has 2 atom stereocenters. The third-order valence-electron chi connectivity index (χ3n) is 6.37. The van der Waals surface area contributed by atoms with Crippen LogP contribution in [0.15, 0.2) is 24.3 Å². The number of unbranched alkanes of at least 4 members (excludes halogenated alkanes) is 12. The number of aliphatic hydroxyl groups is 1. The van der Waals surface area contributed by atoms with Crippen LogP contribution in [-0.4, -0.2) is 54.3 Å². The molecule has 240 valence electrons. The number of esters is 1. The van der Waals surface area contributed by atoms with Gasteiger partial charge in [0.05, 0.1) is 13.2 Å². The number of phosphoric ester groups is 1. The molecule has 3 N–H and O–H groups in total. The molecular weight excluding hydrogens is 545 g/mol. The summed E-state index contributed by atoms with van der Waals surface area (Å²) in [6.07, 6.45) is 25.6. The Morgan fingerprint density at radius 3 is 2.05 bits per heavy atom. The number of nitrogens with one attached hydrogen (secondary N) is 1.